The third-order valence-corrected chi connectivity index (χ3v) is 4.13. The summed E-state index contributed by atoms with van der Waals surface area (Å²) in [4.78, 5) is 12.3. The molecule has 26 heavy (non-hydrogen) atoms. The van der Waals surface area contributed by atoms with Crippen LogP contribution in [0.1, 0.15) is 21.9 Å². The number of aryl methyl sites for hydroxylation is 1. The minimum Gasteiger partial charge on any atom is -0.484 e. The zero-order valence-corrected chi connectivity index (χ0v) is 15.2. The van der Waals surface area contributed by atoms with Crippen LogP contribution in [0.15, 0.2) is 52.9 Å². The van der Waals surface area contributed by atoms with Crippen molar-refractivity contribution in [3.63, 3.8) is 0 Å². The van der Waals surface area contributed by atoms with Gasteiger partial charge in [0.1, 0.15) is 23.9 Å². The molecule has 0 fully saturated rings. The maximum absolute atomic E-state index is 13.0. The van der Waals surface area contributed by atoms with Gasteiger partial charge in [-0.05, 0) is 55.0 Å². The number of rotatable bonds is 5. The van der Waals surface area contributed by atoms with Crippen LogP contribution in [0.25, 0.3) is 0 Å². The molecule has 0 saturated carbocycles. The quantitative estimate of drug-likeness (QED) is 0.589. The Morgan fingerprint density at radius 1 is 1.15 bits per heavy atom. The van der Waals surface area contributed by atoms with Gasteiger partial charge in [-0.3, -0.25) is 4.79 Å². The van der Waals surface area contributed by atoms with E-state index in [1.165, 1.54) is 12.1 Å². The molecule has 0 unspecified atom stereocenters. The number of hydrogen-bond acceptors (Lipinski definition) is 3. The fraction of sp³-hybridized carbons (Fsp3) is 0.105. The maximum atomic E-state index is 13.0. The molecule has 1 amide bonds. The molecular formula is C19H14Cl2FNO3. The molecule has 134 valence electrons. The zero-order valence-electron chi connectivity index (χ0n) is 13.7. The van der Waals surface area contributed by atoms with Gasteiger partial charge in [-0.25, -0.2) is 4.39 Å². The van der Waals surface area contributed by atoms with Crippen LogP contribution in [0, 0.1) is 12.7 Å². The van der Waals surface area contributed by atoms with E-state index < -0.39 is 11.7 Å². The van der Waals surface area contributed by atoms with E-state index in [9.17, 15) is 9.18 Å². The molecule has 0 aliphatic carbocycles. The van der Waals surface area contributed by atoms with Crippen molar-refractivity contribution in [2.75, 3.05) is 5.32 Å². The van der Waals surface area contributed by atoms with E-state index in [4.69, 9.17) is 32.4 Å². The number of amides is 1. The SMILES string of the molecule is Cc1ccc(Cl)cc1NC(=O)c1ccc(COc2ccc(F)cc2Cl)o1. The van der Waals surface area contributed by atoms with Gasteiger partial charge in [-0.1, -0.05) is 29.3 Å². The predicted octanol–water partition coefficient (Wildman–Crippen LogP) is 5.87. The van der Waals surface area contributed by atoms with Crippen molar-refractivity contribution in [1.29, 1.82) is 0 Å². The van der Waals surface area contributed by atoms with E-state index in [0.29, 0.717) is 22.2 Å². The zero-order chi connectivity index (χ0) is 18.7. The van der Waals surface area contributed by atoms with Crippen LogP contribution < -0.4 is 10.1 Å². The normalized spacial score (nSPS) is 10.6. The van der Waals surface area contributed by atoms with Crippen LogP contribution >= 0.6 is 23.2 Å². The Balaban J connectivity index is 1.65. The number of carbonyl (C=O) groups excluding carboxylic acids is 1. The number of furan rings is 1. The van der Waals surface area contributed by atoms with Crippen molar-refractivity contribution in [3.05, 3.63) is 81.5 Å². The van der Waals surface area contributed by atoms with E-state index in [-0.39, 0.29) is 17.4 Å². The summed E-state index contributed by atoms with van der Waals surface area (Å²) >= 11 is 11.8. The molecule has 1 N–H and O–H groups in total. The molecule has 0 bridgehead atoms. The summed E-state index contributed by atoms with van der Waals surface area (Å²) in [7, 11) is 0. The monoisotopic (exact) mass is 393 g/mol. The fourth-order valence-electron chi connectivity index (χ4n) is 2.23. The Morgan fingerprint density at radius 3 is 2.73 bits per heavy atom. The molecule has 4 nitrogen and oxygen atoms in total. The predicted molar refractivity (Wildman–Crippen MR) is 98.6 cm³/mol. The molecule has 2 aromatic carbocycles. The van der Waals surface area contributed by atoms with Crippen molar-refractivity contribution in [3.8, 4) is 5.75 Å². The lowest BCUT2D eigenvalue weighted by molar-refractivity contribution is 0.0992. The van der Waals surface area contributed by atoms with Crippen LogP contribution in [0.4, 0.5) is 10.1 Å². The lowest BCUT2D eigenvalue weighted by Crippen LogP contribution is -2.11. The second-order valence-electron chi connectivity index (χ2n) is 5.54. The van der Waals surface area contributed by atoms with Crippen molar-refractivity contribution >= 4 is 34.8 Å². The van der Waals surface area contributed by atoms with Crippen LogP contribution in [-0.2, 0) is 6.61 Å². The van der Waals surface area contributed by atoms with E-state index in [1.807, 2.05) is 13.0 Å². The summed E-state index contributed by atoms with van der Waals surface area (Å²) in [5.74, 6) is 0.0357. The lowest BCUT2D eigenvalue weighted by atomic mass is 10.2. The molecule has 0 aliphatic rings. The highest BCUT2D eigenvalue weighted by atomic mass is 35.5. The van der Waals surface area contributed by atoms with Gasteiger partial charge < -0.3 is 14.5 Å². The number of anilines is 1. The highest BCUT2D eigenvalue weighted by Crippen LogP contribution is 2.26. The second-order valence-corrected chi connectivity index (χ2v) is 6.39. The molecule has 0 atom stereocenters. The van der Waals surface area contributed by atoms with Crippen LogP contribution in [0.3, 0.4) is 0 Å². The molecule has 0 aliphatic heterocycles. The smallest absolute Gasteiger partial charge is 0.291 e. The van der Waals surface area contributed by atoms with E-state index in [2.05, 4.69) is 5.32 Å². The van der Waals surface area contributed by atoms with Crippen molar-refractivity contribution < 1.29 is 18.3 Å². The highest BCUT2D eigenvalue weighted by molar-refractivity contribution is 6.32. The first-order valence-corrected chi connectivity index (χ1v) is 8.42. The first-order valence-electron chi connectivity index (χ1n) is 7.66. The topological polar surface area (TPSA) is 51.5 Å². The maximum Gasteiger partial charge on any atom is 0.291 e. The Morgan fingerprint density at radius 2 is 1.96 bits per heavy atom. The summed E-state index contributed by atoms with van der Waals surface area (Å²) in [6.07, 6.45) is 0. The van der Waals surface area contributed by atoms with Crippen molar-refractivity contribution in [2.45, 2.75) is 13.5 Å². The molecule has 1 heterocycles. The summed E-state index contributed by atoms with van der Waals surface area (Å²) in [6.45, 7) is 1.91. The largest absolute Gasteiger partial charge is 0.484 e. The summed E-state index contributed by atoms with van der Waals surface area (Å²) in [5, 5.41) is 3.43. The Bertz CT molecular complexity index is 956. The Kier molecular flexibility index (Phi) is 5.49. The van der Waals surface area contributed by atoms with Gasteiger partial charge in [0.2, 0.25) is 0 Å². The van der Waals surface area contributed by atoms with E-state index >= 15 is 0 Å². The summed E-state index contributed by atoms with van der Waals surface area (Å²) < 4.78 is 24.0. The average Bonchev–Trinajstić information content (AvgIpc) is 3.06. The third kappa shape index (κ3) is 4.36. The van der Waals surface area contributed by atoms with Gasteiger partial charge in [0.05, 0.1) is 5.02 Å². The molecule has 0 radical (unpaired) electrons. The first-order chi connectivity index (χ1) is 12.4. The van der Waals surface area contributed by atoms with Crippen molar-refractivity contribution in [1.82, 2.24) is 0 Å². The molecule has 3 rings (SSSR count). The Labute approximate surface area is 159 Å². The Hall–Kier alpha value is -2.50. The van der Waals surface area contributed by atoms with Crippen molar-refractivity contribution in [2.24, 2.45) is 0 Å². The van der Waals surface area contributed by atoms with Crippen LogP contribution in [0.5, 0.6) is 5.75 Å². The second kappa shape index (κ2) is 7.81. The van der Waals surface area contributed by atoms with E-state index in [1.54, 1.807) is 24.3 Å². The summed E-state index contributed by atoms with van der Waals surface area (Å²) in [5.41, 5.74) is 1.48. The fourth-order valence-corrected chi connectivity index (χ4v) is 2.63. The average molecular weight is 394 g/mol. The standard InChI is InChI=1S/C19H14Cl2FNO3/c1-11-2-3-12(20)8-16(11)23-19(24)18-7-5-14(26-18)10-25-17-6-4-13(22)9-15(17)21/h2-9H,10H2,1H3,(H,23,24). The first kappa shape index (κ1) is 18.3. The number of hydrogen-bond donors (Lipinski definition) is 1. The molecule has 0 spiro atoms. The summed E-state index contributed by atoms with van der Waals surface area (Å²) in [6, 6.07) is 12.2. The number of halogens is 3. The minimum absolute atomic E-state index is 0.0504. The molecular weight excluding hydrogens is 380 g/mol. The van der Waals surface area contributed by atoms with Gasteiger partial charge in [-0.2, -0.15) is 0 Å². The van der Waals surface area contributed by atoms with Gasteiger partial charge in [-0.15, -0.1) is 0 Å². The van der Waals surface area contributed by atoms with Gasteiger partial charge in [0.15, 0.2) is 5.76 Å². The van der Waals surface area contributed by atoms with Crippen LogP contribution in [-0.4, -0.2) is 5.91 Å². The van der Waals surface area contributed by atoms with Crippen LogP contribution in [0.2, 0.25) is 10.0 Å². The molecule has 1 aromatic heterocycles. The lowest BCUT2D eigenvalue weighted by Gasteiger charge is -2.08. The minimum atomic E-state index is -0.449. The molecule has 3 aromatic rings. The highest BCUT2D eigenvalue weighted by Gasteiger charge is 2.14. The number of benzene rings is 2. The van der Waals surface area contributed by atoms with Gasteiger partial charge in [0.25, 0.3) is 5.91 Å². The number of ether oxygens (including phenoxy) is 1. The van der Waals surface area contributed by atoms with E-state index in [0.717, 1.165) is 11.6 Å². The van der Waals surface area contributed by atoms with Gasteiger partial charge in [0, 0.05) is 10.7 Å². The van der Waals surface area contributed by atoms with Gasteiger partial charge >= 0.3 is 0 Å². The number of carbonyl (C=O) groups is 1. The third-order valence-electron chi connectivity index (χ3n) is 3.60. The molecule has 7 heteroatoms. The molecule has 0 saturated heterocycles. The number of nitrogens with one attached hydrogen (secondary N) is 1.